The first-order valence-electron chi connectivity index (χ1n) is 8.73. The van der Waals surface area contributed by atoms with E-state index in [1.165, 1.54) is 21.5 Å². The summed E-state index contributed by atoms with van der Waals surface area (Å²) in [4.78, 5) is 0. The molecule has 1 saturated heterocycles. The van der Waals surface area contributed by atoms with Crippen molar-refractivity contribution in [2.24, 2.45) is 0 Å². The van der Waals surface area contributed by atoms with Crippen LogP contribution in [0.15, 0.2) is 42.5 Å². The fourth-order valence-electron chi connectivity index (χ4n) is 3.86. The van der Waals surface area contributed by atoms with Crippen LogP contribution < -0.4 is 15.8 Å². The van der Waals surface area contributed by atoms with Gasteiger partial charge in [0.25, 0.3) is 0 Å². The van der Waals surface area contributed by atoms with Crippen molar-refractivity contribution in [3.05, 3.63) is 42.5 Å². The lowest BCUT2D eigenvalue weighted by atomic mass is 9.78. The van der Waals surface area contributed by atoms with Crippen LogP contribution in [-0.4, -0.2) is 26.4 Å². The fourth-order valence-corrected chi connectivity index (χ4v) is 6.94. The first kappa shape index (κ1) is 16.1. The Balaban J connectivity index is 1.80. The van der Waals surface area contributed by atoms with Gasteiger partial charge in [-0.3, -0.25) is 0 Å². The zero-order valence-corrected chi connectivity index (χ0v) is 16.4. The van der Waals surface area contributed by atoms with Crippen LogP contribution in [-0.2, 0) is 9.31 Å². The number of fused-ring (bicyclic) bond motifs is 3. The lowest BCUT2D eigenvalue weighted by Crippen LogP contribution is -2.49. The Hall–Kier alpha value is -1.36. The standard InChI is InChI=1S/C20H25BO2Si/c1-19(2)20(3,4)23-21(22-19)14-11-12-18-16(13-14)15-9-7-8-10-17(15)24(18,5)6/h7-13H,1-6H3. The third-order valence-electron chi connectivity index (χ3n) is 6.13. The van der Waals surface area contributed by atoms with Crippen LogP contribution in [0, 0.1) is 0 Å². The summed E-state index contributed by atoms with van der Waals surface area (Å²) in [7, 11) is -1.88. The van der Waals surface area contributed by atoms with E-state index in [4.69, 9.17) is 9.31 Å². The number of benzene rings is 2. The second kappa shape index (κ2) is 4.84. The van der Waals surface area contributed by atoms with Crippen molar-refractivity contribution in [3.8, 4) is 11.1 Å². The van der Waals surface area contributed by atoms with Gasteiger partial charge in [0.15, 0.2) is 0 Å². The van der Waals surface area contributed by atoms with Crippen molar-refractivity contribution < 1.29 is 9.31 Å². The molecule has 4 rings (SSSR count). The highest BCUT2D eigenvalue weighted by Gasteiger charge is 2.52. The fraction of sp³-hybridized carbons (Fsp3) is 0.400. The van der Waals surface area contributed by atoms with Gasteiger partial charge >= 0.3 is 7.12 Å². The van der Waals surface area contributed by atoms with E-state index >= 15 is 0 Å². The van der Waals surface area contributed by atoms with Crippen molar-refractivity contribution in [2.45, 2.75) is 52.0 Å². The molecule has 2 aliphatic rings. The topological polar surface area (TPSA) is 18.5 Å². The first-order chi connectivity index (χ1) is 11.1. The summed E-state index contributed by atoms with van der Waals surface area (Å²) in [6, 6.07) is 15.6. The van der Waals surface area contributed by atoms with E-state index < -0.39 is 8.07 Å². The average molecular weight is 336 g/mol. The summed E-state index contributed by atoms with van der Waals surface area (Å²) >= 11 is 0. The maximum atomic E-state index is 6.24. The molecule has 4 heteroatoms. The minimum absolute atomic E-state index is 0.294. The van der Waals surface area contributed by atoms with E-state index in [1.807, 2.05) is 0 Å². The van der Waals surface area contributed by atoms with Gasteiger partial charge in [0.1, 0.15) is 8.07 Å². The molecule has 0 aromatic heterocycles. The Bertz CT molecular complexity index is 810. The monoisotopic (exact) mass is 336 g/mol. The quantitative estimate of drug-likeness (QED) is 0.746. The molecule has 0 N–H and O–H groups in total. The van der Waals surface area contributed by atoms with Crippen LogP contribution in [0.3, 0.4) is 0 Å². The van der Waals surface area contributed by atoms with E-state index in [0.717, 1.165) is 5.46 Å². The molecule has 124 valence electrons. The molecular formula is C20H25BO2Si. The summed E-state index contributed by atoms with van der Waals surface area (Å²) in [5, 5.41) is 3.05. The molecule has 0 atom stereocenters. The predicted molar refractivity (Wildman–Crippen MR) is 104 cm³/mol. The highest BCUT2D eigenvalue weighted by atomic mass is 28.3. The van der Waals surface area contributed by atoms with E-state index in [1.54, 1.807) is 0 Å². The number of rotatable bonds is 1. The van der Waals surface area contributed by atoms with Gasteiger partial charge in [0.2, 0.25) is 0 Å². The second-order valence-corrected chi connectivity index (χ2v) is 12.9. The van der Waals surface area contributed by atoms with E-state index in [2.05, 4.69) is 83.3 Å². The molecule has 0 aliphatic carbocycles. The highest BCUT2D eigenvalue weighted by Crippen LogP contribution is 2.37. The number of hydrogen-bond donors (Lipinski definition) is 0. The lowest BCUT2D eigenvalue weighted by Gasteiger charge is -2.32. The van der Waals surface area contributed by atoms with Crippen LogP contribution in [0.25, 0.3) is 11.1 Å². The van der Waals surface area contributed by atoms with Crippen LogP contribution in [0.2, 0.25) is 13.1 Å². The van der Waals surface area contributed by atoms with Crippen molar-refractivity contribution in [1.29, 1.82) is 0 Å². The zero-order valence-electron chi connectivity index (χ0n) is 15.4. The molecule has 0 unspecified atom stereocenters. The van der Waals surface area contributed by atoms with Crippen LogP contribution in [0.5, 0.6) is 0 Å². The molecule has 0 amide bonds. The highest BCUT2D eigenvalue weighted by molar-refractivity contribution is 7.03. The first-order valence-corrected chi connectivity index (χ1v) is 11.7. The van der Waals surface area contributed by atoms with Gasteiger partial charge < -0.3 is 9.31 Å². The Morgan fingerprint density at radius 1 is 0.792 bits per heavy atom. The molecule has 2 aromatic rings. The van der Waals surface area contributed by atoms with Gasteiger partial charge in [-0.05, 0) is 54.7 Å². The molecule has 0 radical (unpaired) electrons. The third-order valence-corrected chi connectivity index (χ3v) is 9.70. The Morgan fingerprint density at radius 2 is 1.38 bits per heavy atom. The molecule has 2 nitrogen and oxygen atoms in total. The molecule has 2 heterocycles. The molecule has 0 bridgehead atoms. The van der Waals surface area contributed by atoms with E-state index in [-0.39, 0.29) is 18.3 Å². The summed E-state index contributed by atoms with van der Waals surface area (Å²) < 4.78 is 12.5. The van der Waals surface area contributed by atoms with E-state index in [9.17, 15) is 0 Å². The summed E-state index contributed by atoms with van der Waals surface area (Å²) in [5.41, 5.74) is 3.27. The Morgan fingerprint density at radius 3 is 2.04 bits per heavy atom. The normalized spacial score (nSPS) is 22.3. The van der Waals surface area contributed by atoms with Crippen LogP contribution in [0.4, 0.5) is 0 Å². The van der Waals surface area contributed by atoms with Crippen LogP contribution in [0.1, 0.15) is 27.7 Å². The van der Waals surface area contributed by atoms with Crippen molar-refractivity contribution in [1.82, 2.24) is 0 Å². The minimum atomic E-state index is -1.58. The minimum Gasteiger partial charge on any atom is -0.399 e. The van der Waals surface area contributed by atoms with Crippen molar-refractivity contribution >= 4 is 31.0 Å². The number of hydrogen-bond acceptors (Lipinski definition) is 2. The smallest absolute Gasteiger partial charge is 0.399 e. The summed E-state index contributed by atoms with van der Waals surface area (Å²) in [6.45, 7) is 13.3. The third kappa shape index (κ3) is 2.10. The van der Waals surface area contributed by atoms with Crippen LogP contribution >= 0.6 is 0 Å². The molecular weight excluding hydrogens is 311 g/mol. The maximum absolute atomic E-state index is 6.24. The molecule has 0 spiro atoms. The zero-order chi connectivity index (χ0) is 17.3. The Labute approximate surface area is 146 Å². The van der Waals surface area contributed by atoms with Gasteiger partial charge in [-0.25, -0.2) is 0 Å². The van der Waals surface area contributed by atoms with Gasteiger partial charge in [0, 0.05) is 0 Å². The molecule has 1 fully saturated rings. The van der Waals surface area contributed by atoms with Crippen molar-refractivity contribution in [2.75, 3.05) is 0 Å². The largest absolute Gasteiger partial charge is 0.494 e. The second-order valence-electron chi connectivity index (χ2n) is 8.56. The van der Waals surface area contributed by atoms with E-state index in [0.29, 0.717) is 0 Å². The average Bonchev–Trinajstić information content (AvgIpc) is 2.88. The predicted octanol–water partition coefficient (Wildman–Crippen LogP) is 2.79. The lowest BCUT2D eigenvalue weighted by molar-refractivity contribution is 0.00578. The summed E-state index contributed by atoms with van der Waals surface area (Å²) in [6.07, 6.45) is 0. The van der Waals surface area contributed by atoms with Gasteiger partial charge in [-0.2, -0.15) is 0 Å². The van der Waals surface area contributed by atoms with Gasteiger partial charge in [-0.1, -0.05) is 55.6 Å². The SMILES string of the molecule is CC1(C)OB(c2ccc3c(c2)-c2ccccc2[Si]3(C)C)OC1(C)C. The molecule has 2 aromatic carbocycles. The molecule has 0 saturated carbocycles. The molecule has 24 heavy (non-hydrogen) atoms. The van der Waals surface area contributed by atoms with Gasteiger partial charge in [0.05, 0.1) is 11.2 Å². The van der Waals surface area contributed by atoms with Crippen molar-refractivity contribution in [3.63, 3.8) is 0 Å². The molecule has 2 aliphatic heterocycles. The van der Waals surface area contributed by atoms with Gasteiger partial charge in [-0.15, -0.1) is 0 Å². The Kier molecular flexibility index (Phi) is 3.25. The maximum Gasteiger partial charge on any atom is 0.494 e. The summed E-state index contributed by atoms with van der Waals surface area (Å²) in [5.74, 6) is 0.